The van der Waals surface area contributed by atoms with Crippen LogP contribution >= 0.6 is 0 Å². The standard InChI is InChI=1S/C25H26O5/c1-15(2)22(28)14-19-21(27)9-7-18(24(19)29)20(26)8-5-16-6-10-23-17(13-16)11-12-25(3,4)30-23/h5-13,22,27-29H,1,14H2,2-4H3/b8-5+. The van der Waals surface area contributed by atoms with E-state index in [-0.39, 0.29) is 34.6 Å². The van der Waals surface area contributed by atoms with Crippen LogP contribution in [0.1, 0.15) is 47.8 Å². The molecule has 0 fully saturated rings. The van der Waals surface area contributed by atoms with Gasteiger partial charge in [-0.05, 0) is 62.8 Å². The lowest BCUT2D eigenvalue weighted by Crippen LogP contribution is -2.27. The van der Waals surface area contributed by atoms with Gasteiger partial charge in [-0.1, -0.05) is 30.4 Å². The van der Waals surface area contributed by atoms with Gasteiger partial charge in [-0.25, -0.2) is 0 Å². The van der Waals surface area contributed by atoms with Gasteiger partial charge in [0.25, 0.3) is 0 Å². The molecule has 0 saturated heterocycles. The third-order valence-electron chi connectivity index (χ3n) is 4.99. The third-order valence-corrected chi connectivity index (χ3v) is 4.99. The number of carbonyl (C=O) groups is 1. The van der Waals surface area contributed by atoms with E-state index >= 15 is 0 Å². The Labute approximate surface area is 176 Å². The summed E-state index contributed by atoms with van der Waals surface area (Å²) in [6.45, 7) is 9.27. The Morgan fingerprint density at radius 3 is 2.67 bits per heavy atom. The van der Waals surface area contributed by atoms with Crippen molar-refractivity contribution in [2.24, 2.45) is 0 Å². The van der Waals surface area contributed by atoms with Crippen LogP contribution in [0.2, 0.25) is 0 Å². The molecule has 1 unspecified atom stereocenters. The van der Waals surface area contributed by atoms with Gasteiger partial charge >= 0.3 is 0 Å². The summed E-state index contributed by atoms with van der Waals surface area (Å²) in [5.41, 5.74) is 2.05. The third kappa shape index (κ3) is 4.63. The molecule has 5 heteroatoms. The second kappa shape index (κ2) is 8.20. The first-order valence-corrected chi connectivity index (χ1v) is 9.69. The van der Waals surface area contributed by atoms with E-state index in [0.717, 1.165) is 16.9 Å². The molecule has 0 saturated carbocycles. The number of rotatable bonds is 6. The molecule has 0 bridgehead atoms. The topological polar surface area (TPSA) is 87.0 Å². The summed E-state index contributed by atoms with van der Waals surface area (Å²) in [5.74, 6) is -0.154. The SMILES string of the molecule is C=C(C)C(O)Cc1c(O)ccc(C(=O)/C=C/c2ccc3c(c2)C=CC(C)(C)O3)c1O. The van der Waals surface area contributed by atoms with E-state index in [2.05, 4.69) is 6.58 Å². The molecule has 0 amide bonds. The summed E-state index contributed by atoms with van der Waals surface area (Å²) < 4.78 is 5.90. The van der Waals surface area contributed by atoms with Crippen molar-refractivity contribution in [1.82, 2.24) is 0 Å². The predicted octanol–water partition coefficient (Wildman–Crippen LogP) is 4.66. The van der Waals surface area contributed by atoms with Gasteiger partial charge in [0.05, 0.1) is 11.7 Å². The molecule has 0 aliphatic carbocycles. The van der Waals surface area contributed by atoms with Crippen LogP contribution in [0.3, 0.4) is 0 Å². The van der Waals surface area contributed by atoms with E-state index < -0.39 is 11.9 Å². The Morgan fingerprint density at radius 2 is 1.97 bits per heavy atom. The highest BCUT2D eigenvalue weighted by molar-refractivity contribution is 6.09. The minimum absolute atomic E-state index is 0.0364. The molecule has 1 atom stereocenters. The van der Waals surface area contributed by atoms with Gasteiger partial charge in [0.1, 0.15) is 22.8 Å². The van der Waals surface area contributed by atoms with E-state index in [1.807, 2.05) is 44.2 Å². The highest BCUT2D eigenvalue weighted by atomic mass is 16.5. The maximum atomic E-state index is 12.6. The van der Waals surface area contributed by atoms with Gasteiger partial charge in [0.2, 0.25) is 0 Å². The number of phenols is 2. The van der Waals surface area contributed by atoms with Crippen molar-refractivity contribution in [1.29, 1.82) is 0 Å². The van der Waals surface area contributed by atoms with E-state index in [1.165, 1.54) is 18.2 Å². The van der Waals surface area contributed by atoms with Crippen molar-refractivity contribution in [2.45, 2.75) is 38.9 Å². The molecule has 0 aromatic heterocycles. The minimum atomic E-state index is -0.932. The van der Waals surface area contributed by atoms with Crippen molar-refractivity contribution in [3.05, 3.63) is 76.9 Å². The van der Waals surface area contributed by atoms with E-state index in [0.29, 0.717) is 5.57 Å². The van der Waals surface area contributed by atoms with Crippen molar-refractivity contribution < 1.29 is 24.9 Å². The molecule has 1 heterocycles. The smallest absolute Gasteiger partial charge is 0.189 e. The Morgan fingerprint density at radius 1 is 1.23 bits per heavy atom. The number of carbonyl (C=O) groups excluding carboxylic acids is 1. The molecule has 3 rings (SSSR count). The van der Waals surface area contributed by atoms with E-state index in [9.17, 15) is 20.1 Å². The van der Waals surface area contributed by atoms with Crippen LogP contribution in [0, 0.1) is 0 Å². The number of aromatic hydroxyl groups is 2. The van der Waals surface area contributed by atoms with E-state index in [1.54, 1.807) is 13.0 Å². The van der Waals surface area contributed by atoms with Gasteiger partial charge in [-0.2, -0.15) is 0 Å². The Kier molecular flexibility index (Phi) is 5.85. The quantitative estimate of drug-likeness (QED) is 0.369. The minimum Gasteiger partial charge on any atom is -0.508 e. The van der Waals surface area contributed by atoms with Gasteiger partial charge in [0, 0.05) is 17.5 Å². The van der Waals surface area contributed by atoms with Crippen molar-refractivity contribution in [3.8, 4) is 17.2 Å². The molecule has 156 valence electrons. The number of phenolic OH excluding ortho intramolecular Hbond substituents is 2. The highest BCUT2D eigenvalue weighted by Gasteiger charge is 2.22. The van der Waals surface area contributed by atoms with Crippen LogP contribution in [0.5, 0.6) is 17.2 Å². The maximum absolute atomic E-state index is 12.6. The number of ether oxygens (including phenoxy) is 1. The lowest BCUT2D eigenvalue weighted by atomic mass is 9.97. The fraction of sp³-hybridized carbons (Fsp3) is 0.240. The fourth-order valence-electron chi connectivity index (χ4n) is 3.16. The first-order valence-electron chi connectivity index (χ1n) is 9.69. The number of aliphatic hydroxyl groups excluding tert-OH is 1. The molecule has 30 heavy (non-hydrogen) atoms. The molecule has 2 aromatic carbocycles. The first-order chi connectivity index (χ1) is 14.1. The first kappa shape index (κ1) is 21.4. The molecule has 0 radical (unpaired) electrons. The van der Waals surface area contributed by atoms with Gasteiger partial charge < -0.3 is 20.1 Å². The molecule has 1 aliphatic heterocycles. The normalized spacial score (nSPS) is 15.5. The van der Waals surface area contributed by atoms with Gasteiger partial charge in [-0.3, -0.25) is 4.79 Å². The molecule has 5 nitrogen and oxygen atoms in total. The summed E-state index contributed by atoms with van der Waals surface area (Å²) in [7, 11) is 0. The van der Waals surface area contributed by atoms with Crippen LogP contribution < -0.4 is 4.74 Å². The van der Waals surface area contributed by atoms with Crippen LogP contribution in [0.4, 0.5) is 0 Å². The molecular weight excluding hydrogens is 380 g/mol. The van der Waals surface area contributed by atoms with Crippen LogP contribution in [0.15, 0.2) is 54.6 Å². The van der Waals surface area contributed by atoms with Crippen molar-refractivity contribution in [2.75, 3.05) is 0 Å². The summed E-state index contributed by atoms with van der Waals surface area (Å²) >= 11 is 0. The zero-order valence-electron chi connectivity index (χ0n) is 17.3. The average Bonchev–Trinajstić information content (AvgIpc) is 2.68. The molecular formula is C25H26O5. The molecule has 2 aromatic rings. The lowest BCUT2D eigenvalue weighted by Gasteiger charge is -2.27. The lowest BCUT2D eigenvalue weighted by molar-refractivity contribution is 0.104. The average molecular weight is 406 g/mol. The van der Waals surface area contributed by atoms with Crippen LogP contribution in [-0.4, -0.2) is 32.8 Å². The van der Waals surface area contributed by atoms with Crippen LogP contribution in [-0.2, 0) is 6.42 Å². The van der Waals surface area contributed by atoms with Crippen LogP contribution in [0.25, 0.3) is 12.2 Å². The number of aliphatic hydroxyl groups is 1. The summed E-state index contributed by atoms with van der Waals surface area (Å²) in [6, 6.07) is 8.32. The Bertz CT molecular complexity index is 1060. The number of hydrogen-bond donors (Lipinski definition) is 3. The number of ketones is 1. The fourth-order valence-corrected chi connectivity index (χ4v) is 3.16. The Hall–Kier alpha value is -3.31. The number of benzene rings is 2. The zero-order chi connectivity index (χ0) is 22.1. The van der Waals surface area contributed by atoms with E-state index in [4.69, 9.17) is 4.74 Å². The largest absolute Gasteiger partial charge is 0.508 e. The monoisotopic (exact) mass is 406 g/mol. The maximum Gasteiger partial charge on any atom is 0.189 e. The number of hydrogen-bond acceptors (Lipinski definition) is 5. The second-order valence-electron chi connectivity index (χ2n) is 8.06. The Balaban J connectivity index is 1.83. The number of allylic oxidation sites excluding steroid dienone is 1. The predicted molar refractivity (Wildman–Crippen MR) is 118 cm³/mol. The number of fused-ring (bicyclic) bond motifs is 1. The van der Waals surface area contributed by atoms with Gasteiger partial charge in [-0.15, -0.1) is 0 Å². The second-order valence-corrected chi connectivity index (χ2v) is 8.06. The molecule has 3 N–H and O–H groups in total. The molecule has 1 aliphatic rings. The summed E-state index contributed by atoms with van der Waals surface area (Å²) in [5, 5.41) is 30.5. The summed E-state index contributed by atoms with van der Waals surface area (Å²) in [6.07, 6.45) is 6.02. The van der Waals surface area contributed by atoms with Gasteiger partial charge in [0.15, 0.2) is 5.78 Å². The van der Waals surface area contributed by atoms with Crippen molar-refractivity contribution >= 4 is 17.9 Å². The highest BCUT2D eigenvalue weighted by Crippen LogP contribution is 2.34. The molecule has 0 spiro atoms. The summed E-state index contributed by atoms with van der Waals surface area (Å²) in [4.78, 5) is 12.6. The van der Waals surface area contributed by atoms with Crippen molar-refractivity contribution in [3.63, 3.8) is 0 Å². The zero-order valence-corrected chi connectivity index (χ0v) is 17.3.